The molecule has 0 unspecified atom stereocenters. The molecule has 3 atom stereocenters. The third kappa shape index (κ3) is 4.30. The van der Waals surface area contributed by atoms with Gasteiger partial charge in [0.25, 0.3) is 5.91 Å². The molecule has 3 heterocycles. The van der Waals surface area contributed by atoms with Crippen LogP contribution >= 0.6 is 0 Å². The Morgan fingerprint density at radius 1 is 1.00 bits per heavy atom. The maximum absolute atomic E-state index is 13.5. The highest BCUT2D eigenvalue weighted by molar-refractivity contribution is 7.89. The molecule has 182 valence electrons. The van der Waals surface area contributed by atoms with Gasteiger partial charge in [0, 0.05) is 25.2 Å². The van der Waals surface area contributed by atoms with E-state index in [2.05, 4.69) is 0 Å². The van der Waals surface area contributed by atoms with Gasteiger partial charge in [-0.15, -0.1) is 0 Å². The fourth-order valence-corrected chi connectivity index (χ4v) is 8.34. The summed E-state index contributed by atoms with van der Waals surface area (Å²) in [6.07, 6.45) is 5.37. The molecule has 2 amide bonds. The van der Waals surface area contributed by atoms with Gasteiger partial charge >= 0.3 is 0 Å². The number of benzene rings is 1. The Morgan fingerprint density at radius 2 is 1.64 bits per heavy atom. The number of rotatable bonds is 6. The number of fused-ring (bicyclic) bond motifs is 1. The van der Waals surface area contributed by atoms with Crippen molar-refractivity contribution in [1.29, 1.82) is 0 Å². The molecule has 3 saturated heterocycles. The molecule has 0 bridgehead atoms. The van der Waals surface area contributed by atoms with Crippen molar-refractivity contribution in [3.8, 4) is 0 Å². The van der Waals surface area contributed by atoms with E-state index >= 15 is 0 Å². The lowest BCUT2D eigenvalue weighted by Crippen LogP contribution is -2.43. The van der Waals surface area contributed by atoms with Crippen LogP contribution in [0, 0.1) is 5.92 Å². The van der Waals surface area contributed by atoms with Gasteiger partial charge in [0.05, 0.1) is 29.2 Å². The zero-order valence-electron chi connectivity index (χ0n) is 19.0. The minimum absolute atomic E-state index is 0.0406. The molecule has 1 aromatic rings. The van der Waals surface area contributed by atoms with Gasteiger partial charge in [-0.1, -0.05) is 13.3 Å². The van der Waals surface area contributed by atoms with Crippen molar-refractivity contribution in [3.63, 3.8) is 0 Å². The molecule has 0 aliphatic carbocycles. The molecule has 3 fully saturated rings. The molecule has 3 aliphatic rings. The van der Waals surface area contributed by atoms with E-state index in [4.69, 9.17) is 0 Å². The Hall–Kier alpha value is -1.98. The molecule has 0 saturated carbocycles. The summed E-state index contributed by atoms with van der Waals surface area (Å²) >= 11 is 0. The molecule has 0 spiro atoms. The van der Waals surface area contributed by atoms with Crippen LogP contribution in [0.25, 0.3) is 0 Å². The van der Waals surface area contributed by atoms with Crippen molar-refractivity contribution < 1.29 is 26.4 Å². The molecule has 33 heavy (non-hydrogen) atoms. The van der Waals surface area contributed by atoms with Crippen LogP contribution in [-0.2, 0) is 24.8 Å². The first kappa shape index (κ1) is 24.2. The van der Waals surface area contributed by atoms with Crippen LogP contribution in [0.3, 0.4) is 0 Å². The molecule has 0 N–H and O–H groups in total. The van der Waals surface area contributed by atoms with Crippen molar-refractivity contribution in [2.75, 3.05) is 25.9 Å². The lowest BCUT2D eigenvalue weighted by Gasteiger charge is -2.27. The lowest BCUT2D eigenvalue weighted by atomic mass is 9.95. The Kier molecular flexibility index (Phi) is 6.58. The molecule has 3 aliphatic heterocycles. The van der Waals surface area contributed by atoms with Gasteiger partial charge in [-0.2, -0.15) is 4.31 Å². The summed E-state index contributed by atoms with van der Waals surface area (Å²) < 4.78 is 53.8. The third-order valence-electron chi connectivity index (χ3n) is 6.93. The minimum atomic E-state index is -3.97. The zero-order chi connectivity index (χ0) is 24.0. The van der Waals surface area contributed by atoms with Crippen molar-refractivity contribution >= 4 is 31.9 Å². The van der Waals surface area contributed by atoms with Crippen molar-refractivity contribution in [3.05, 3.63) is 29.8 Å². The average molecular weight is 498 g/mol. The average Bonchev–Trinajstić information content (AvgIpc) is 3.32. The van der Waals surface area contributed by atoms with Crippen LogP contribution in [-0.4, -0.2) is 80.1 Å². The maximum atomic E-state index is 13.5. The number of hydrogen-bond acceptors (Lipinski definition) is 6. The topological polar surface area (TPSA) is 112 Å². The Balaban J connectivity index is 1.60. The Labute approximate surface area is 195 Å². The quantitative estimate of drug-likeness (QED) is 0.591. The summed E-state index contributed by atoms with van der Waals surface area (Å²) in [6, 6.07) is 4.53. The monoisotopic (exact) mass is 497 g/mol. The number of likely N-dealkylation sites (tertiary alicyclic amines) is 1. The van der Waals surface area contributed by atoms with Gasteiger partial charge < -0.3 is 4.90 Å². The summed E-state index contributed by atoms with van der Waals surface area (Å²) in [6.45, 7) is 3.45. The fraction of sp³-hybridized carbons (Fsp3) is 0.636. The summed E-state index contributed by atoms with van der Waals surface area (Å²) in [5.74, 6) is -1.31. The number of amides is 2. The number of carbonyl (C=O) groups excluding carboxylic acids is 2. The van der Waals surface area contributed by atoms with Crippen LogP contribution in [0.5, 0.6) is 0 Å². The second-order valence-electron chi connectivity index (χ2n) is 9.13. The molecule has 11 heteroatoms. The summed E-state index contributed by atoms with van der Waals surface area (Å²) in [4.78, 5) is 27.5. The van der Waals surface area contributed by atoms with Gasteiger partial charge in [0.15, 0.2) is 0 Å². The van der Waals surface area contributed by atoms with E-state index in [9.17, 15) is 26.4 Å². The van der Waals surface area contributed by atoms with E-state index in [0.717, 1.165) is 29.8 Å². The van der Waals surface area contributed by atoms with E-state index in [0.29, 0.717) is 31.5 Å². The number of hydrogen-bond donors (Lipinski definition) is 0. The molecular formula is C22H31N3O6S2. The first-order chi connectivity index (χ1) is 15.6. The molecule has 4 rings (SSSR count). The summed E-state index contributed by atoms with van der Waals surface area (Å²) in [5.41, 5.74) is 0.443. The van der Waals surface area contributed by atoms with E-state index < -0.39 is 44.0 Å². The Bertz CT molecular complexity index is 1130. The highest BCUT2D eigenvalue weighted by atomic mass is 32.2. The van der Waals surface area contributed by atoms with Gasteiger partial charge in [-0.05, 0) is 56.4 Å². The minimum Gasteiger partial charge on any atom is -0.339 e. The van der Waals surface area contributed by atoms with E-state index in [1.54, 1.807) is 4.90 Å². The second-order valence-corrected chi connectivity index (χ2v) is 12.9. The molecule has 9 nitrogen and oxygen atoms in total. The number of sulfonamides is 2. The van der Waals surface area contributed by atoms with E-state index in [1.807, 2.05) is 6.92 Å². The van der Waals surface area contributed by atoms with Crippen molar-refractivity contribution in [2.45, 2.75) is 62.4 Å². The molecule has 0 aromatic heterocycles. The third-order valence-corrected chi connectivity index (χ3v) is 10.0. The van der Waals surface area contributed by atoms with Crippen molar-refractivity contribution in [2.24, 2.45) is 5.92 Å². The van der Waals surface area contributed by atoms with Crippen LogP contribution in [0.2, 0.25) is 0 Å². The number of piperidine rings is 1. The highest BCUT2D eigenvalue weighted by Crippen LogP contribution is 2.42. The Morgan fingerprint density at radius 3 is 2.21 bits per heavy atom. The molecular weight excluding hydrogens is 466 g/mol. The van der Waals surface area contributed by atoms with Crippen LogP contribution in [0.15, 0.2) is 29.2 Å². The first-order valence-corrected chi connectivity index (χ1v) is 14.8. The first-order valence-electron chi connectivity index (χ1n) is 11.5. The normalized spacial score (nSPS) is 26.6. The van der Waals surface area contributed by atoms with Crippen LogP contribution in [0.4, 0.5) is 0 Å². The largest absolute Gasteiger partial charge is 0.339 e. The molecule has 1 aromatic carbocycles. The van der Waals surface area contributed by atoms with E-state index in [-0.39, 0.29) is 23.8 Å². The predicted molar refractivity (Wildman–Crippen MR) is 122 cm³/mol. The summed E-state index contributed by atoms with van der Waals surface area (Å²) in [5, 5.41) is 0. The van der Waals surface area contributed by atoms with Crippen LogP contribution < -0.4 is 0 Å². The fourth-order valence-electron chi connectivity index (χ4n) is 5.45. The highest BCUT2D eigenvalue weighted by Gasteiger charge is 2.58. The molecule has 0 radical (unpaired) electrons. The van der Waals surface area contributed by atoms with Gasteiger partial charge in [0.2, 0.25) is 26.0 Å². The van der Waals surface area contributed by atoms with Crippen molar-refractivity contribution in [1.82, 2.24) is 13.5 Å². The maximum Gasteiger partial charge on any atom is 0.253 e. The summed E-state index contributed by atoms with van der Waals surface area (Å²) in [7, 11) is -7.77. The number of nitrogens with zero attached hydrogens (tertiary/aromatic N) is 3. The second kappa shape index (κ2) is 8.99. The standard InChI is InChI=1S/C22H31N3O6S2/c1-3-7-18-20-19(25(22(18)27)32(2,28)29)12-15-24(20)33(30,31)17-10-8-16(9-11-17)21(26)23-13-5-4-6-14-23/h8-11,18-20H,3-7,12-15H2,1-2H3/t18-,19+,20-/m1/s1. The van der Waals surface area contributed by atoms with Gasteiger partial charge in [-0.3, -0.25) is 9.59 Å². The SMILES string of the molecule is CCC[C@H]1C(=O)N(S(C)(=O)=O)[C@H]2CCN(S(=O)(=O)c3ccc(C(=O)N4CCCCC4)cc3)[C@H]12. The van der Waals surface area contributed by atoms with Crippen LogP contribution in [0.1, 0.15) is 55.8 Å². The van der Waals surface area contributed by atoms with E-state index in [1.165, 1.54) is 28.6 Å². The predicted octanol–water partition coefficient (Wildman–Crippen LogP) is 1.66. The number of carbonyl (C=O) groups is 2. The zero-order valence-corrected chi connectivity index (χ0v) is 20.6. The van der Waals surface area contributed by atoms with Gasteiger partial charge in [-0.25, -0.2) is 21.1 Å². The van der Waals surface area contributed by atoms with Gasteiger partial charge in [0.1, 0.15) is 0 Å². The smallest absolute Gasteiger partial charge is 0.253 e. The lowest BCUT2D eigenvalue weighted by molar-refractivity contribution is -0.128.